The van der Waals surface area contributed by atoms with Gasteiger partial charge in [0.15, 0.2) is 11.6 Å². The number of allylic oxidation sites excluding steroid dienone is 3. The van der Waals surface area contributed by atoms with Crippen LogP contribution in [0.4, 0.5) is 0 Å². The minimum absolute atomic E-state index is 0.0223. The molecule has 286 valence electrons. The van der Waals surface area contributed by atoms with E-state index in [1.54, 1.807) is 26.0 Å². The summed E-state index contributed by atoms with van der Waals surface area (Å²) in [5, 5.41) is 26.2. The molecule has 0 aromatic carbocycles. The van der Waals surface area contributed by atoms with Crippen molar-refractivity contribution in [2.24, 2.45) is 23.7 Å². The van der Waals surface area contributed by atoms with E-state index in [0.29, 0.717) is 24.8 Å². The molecule has 0 saturated carbocycles. The number of aliphatic hydroxyl groups excluding tert-OH is 2. The van der Waals surface area contributed by atoms with Crippen LogP contribution >= 0.6 is 0 Å². The second-order valence-corrected chi connectivity index (χ2v) is 15.7. The monoisotopic (exact) mass is 704 g/mol. The highest BCUT2D eigenvalue weighted by molar-refractivity contribution is 5.89. The lowest BCUT2D eigenvalue weighted by Crippen LogP contribution is -2.50. The highest BCUT2D eigenvalue weighted by atomic mass is 16.7. The van der Waals surface area contributed by atoms with Gasteiger partial charge in [-0.25, -0.2) is 0 Å². The SMILES string of the molecule is C/C=C/C(=O)C[C@@H]1CCC(C)C(CC(=O)NC[C@H](O)[C@H](C)C(=O)NCCC[C@H]2O[C@@]3(CCC[C@@H](CC[C@H](C)/C=C(\C)C(C)O)O3)CCC2C)O1. The van der Waals surface area contributed by atoms with Crippen LogP contribution in [-0.4, -0.2) is 83.3 Å². The number of nitrogens with one attached hydrogen (secondary N) is 2. The van der Waals surface area contributed by atoms with Gasteiger partial charge in [-0.1, -0.05) is 39.8 Å². The van der Waals surface area contributed by atoms with Crippen LogP contribution in [-0.2, 0) is 28.6 Å². The summed E-state index contributed by atoms with van der Waals surface area (Å²) in [7, 11) is 0. The Morgan fingerprint density at radius 1 is 0.900 bits per heavy atom. The average Bonchev–Trinajstić information content (AvgIpc) is 3.07. The molecule has 50 heavy (non-hydrogen) atoms. The summed E-state index contributed by atoms with van der Waals surface area (Å²) in [5.41, 5.74) is 1.01. The first kappa shape index (κ1) is 42.3. The van der Waals surface area contributed by atoms with Crippen molar-refractivity contribution >= 4 is 17.6 Å². The molecule has 0 aromatic rings. The van der Waals surface area contributed by atoms with Crippen molar-refractivity contribution in [2.45, 2.75) is 174 Å². The fraction of sp³-hybridized carbons (Fsp3) is 0.825. The maximum atomic E-state index is 12.9. The van der Waals surface area contributed by atoms with E-state index in [1.807, 2.05) is 20.8 Å². The highest BCUT2D eigenvalue weighted by Crippen LogP contribution is 2.43. The van der Waals surface area contributed by atoms with Gasteiger partial charge in [-0.05, 0) is 108 Å². The van der Waals surface area contributed by atoms with Crippen molar-refractivity contribution in [3.63, 3.8) is 0 Å². The number of carbonyl (C=O) groups is 3. The first-order valence-electron chi connectivity index (χ1n) is 19.5. The molecule has 4 N–H and O–H groups in total. The average molecular weight is 705 g/mol. The molecule has 0 aliphatic carbocycles. The molecular weight excluding hydrogens is 636 g/mol. The van der Waals surface area contributed by atoms with Gasteiger partial charge in [0.05, 0.1) is 49.0 Å². The van der Waals surface area contributed by atoms with Crippen molar-refractivity contribution in [2.75, 3.05) is 13.1 Å². The molecule has 3 fully saturated rings. The summed E-state index contributed by atoms with van der Waals surface area (Å²) in [6, 6.07) is 0. The van der Waals surface area contributed by atoms with E-state index >= 15 is 0 Å². The number of rotatable bonds is 18. The number of carbonyl (C=O) groups excluding carboxylic acids is 3. The van der Waals surface area contributed by atoms with Crippen molar-refractivity contribution in [3.8, 4) is 0 Å². The number of aliphatic hydroxyl groups is 2. The summed E-state index contributed by atoms with van der Waals surface area (Å²) in [4.78, 5) is 37.6. The van der Waals surface area contributed by atoms with Gasteiger partial charge in [-0.2, -0.15) is 0 Å². The third-order valence-electron chi connectivity index (χ3n) is 11.2. The van der Waals surface area contributed by atoms with Crippen LogP contribution in [0.3, 0.4) is 0 Å². The minimum atomic E-state index is -1.02. The molecule has 3 saturated heterocycles. The van der Waals surface area contributed by atoms with Gasteiger partial charge in [0, 0.05) is 32.4 Å². The fourth-order valence-corrected chi connectivity index (χ4v) is 7.51. The smallest absolute Gasteiger partial charge is 0.225 e. The van der Waals surface area contributed by atoms with Gasteiger partial charge in [0.25, 0.3) is 0 Å². The van der Waals surface area contributed by atoms with E-state index < -0.39 is 23.9 Å². The summed E-state index contributed by atoms with van der Waals surface area (Å²) in [6.45, 7) is 14.2. The van der Waals surface area contributed by atoms with Gasteiger partial charge in [0.2, 0.25) is 11.8 Å². The second-order valence-electron chi connectivity index (χ2n) is 15.7. The minimum Gasteiger partial charge on any atom is -0.390 e. The summed E-state index contributed by atoms with van der Waals surface area (Å²) < 4.78 is 19.5. The molecule has 3 rings (SSSR count). The van der Waals surface area contributed by atoms with Crippen molar-refractivity contribution in [1.82, 2.24) is 10.6 Å². The van der Waals surface area contributed by atoms with E-state index in [0.717, 1.165) is 76.2 Å². The first-order valence-corrected chi connectivity index (χ1v) is 19.5. The number of ketones is 1. The zero-order valence-electron chi connectivity index (χ0n) is 32.0. The van der Waals surface area contributed by atoms with Crippen LogP contribution in [0.2, 0.25) is 0 Å². The molecule has 10 heteroatoms. The van der Waals surface area contributed by atoms with Crippen LogP contribution < -0.4 is 10.6 Å². The van der Waals surface area contributed by atoms with Crippen molar-refractivity contribution < 1.29 is 38.8 Å². The summed E-state index contributed by atoms with van der Waals surface area (Å²) in [6.07, 6.45) is 14.5. The predicted octanol–water partition coefficient (Wildman–Crippen LogP) is 5.93. The molecule has 4 unspecified atom stereocenters. The van der Waals surface area contributed by atoms with E-state index in [1.165, 1.54) is 0 Å². The maximum absolute atomic E-state index is 12.9. The molecule has 11 atom stereocenters. The molecule has 3 aliphatic heterocycles. The highest BCUT2D eigenvalue weighted by Gasteiger charge is 2.44. The second kappa shape index (κ2) is 20.8. The lowest BCUT2D eigenvalue weighted by Gasteiger charge is -2.48. The lowest BCUT2D eigenvalue weighted by atomic mass is 9.85. The molecule has 1 spiro atoms. The van der Waals surface area contributed by atoms with E-state index in [4.69, 9.17) is 14.2 Å². The van der Waals surface area contributed by atoms with Gasteiger partial charge < -0.3 is 35.1 Å². The lowest BCUT2D eigenvalue weighted by molar-refractivity contribution is -0.324. The Balaban J connectivity index is 1.36. The maximum Gasteiger partial charge on any atom is 0.225 e. The van der Waals surface area contributed by atoms with Crippen LogP contribution in [0, 0.1) is 23.7 Å². The molecule has 10 nitrogen and oxygen atoms in total. The summed E-state index contributed by atoms with van der Waals surface area (Å²) in [5.74, 6) is -0.680. The Hall–Kier alpha value is -2.11. The van der Waals surface area contributed by atoms with Crippen molar-refractivity contribution in [1.29, 1.82) is 0 Å². The Kier molecular flexibility index (Phi) is 17.6. The normalized spacial score (nSPS) is 31.6. The van der Waals surface area contributed by atoms with Crippen LogP contribution in [0.1, 0.15) is 132 Å². The van der Waals surface area contributed by atoms with Gasteiger partial charge in [0.1, 0.15) is 0 Å². The van der Waals surface area contributed by atoms with Gasteiger partial charge in [-0.3, -0.25) is 14.4 Å². The predicted molar refractivity (Wildman–Crippen MR) is 195 cm³/mol. The molecule has 2 amide bonds. The molecule has 3 heterocycles. The number of hydrogen-bond acceptors (Lipinski definition) is 8. The standard InChI is InChI=1S/C40H68N2O8/c1-8-11-32(44)23-34-17-15-27(3)37(48-34)24-38(46)42-25-35(45)30(6)39(47)41-21-10-13-36-28(4)18-20-40(50-36)19-9-12-33(49-40)16-14-26(2)22-29(5)31(7)43/h8,11,22,26-28,30-31,33-37,43,45H,9-10,12-21,23-25H2,1-7H3,(H,41,47)(H,42,46)/b11-8+,29-22+/t26-,27?,28?,30-,31?,33-,34-,35-,36+,37?,40-/m0/s1. The topological polar surface area (TPSA) is 143 Å². The molecule has 0 bridgehead atoms. The third-order valence-corrected chi connectivity index (χ3v) is 11.2. The Morgan fingerprint density at radius 3 is 2.36 bits per heavy atom. The van der Waals surface area contributed by atoms with Crippen LogP contribution in [0.15, 0.2) is 23.8 Å². The largest absolute Gasteiger partial charge is 0.390 e. The van der Waals surface area contributed by atoms with E-state index in [-0.39, 0.29) is 60.9 Å². The van der Waals surface area contributed by atoms with E-state index in [9.17, 15) is 24.6 Å². The van der Waals surface area contributed by atoms with Crippen molar-refractivity contribution in [3.05, 3.63) is 23.8 Å². The molecule has 0 radical (unpaired) electrons. The van der Waals surface area contributed by atoms with Gasteiger partial charge >= 0.3 is 0 Å². The molecule has 3 aliphatic rings. The third kappa shape index (κ3) is 13.8. The number of ether oxygens (including phenoxy) is 3. The van der Waals surface area contributed by atoms with Gasteiger partial charge in [-0.15, -0.1) is 0 Å². The zero-order valence-corrected chi connectivity index (χ0v) is 32.0. The van der Waals surface area contributed by atoms with Crippen LogP contribution in [0.5, 0.6) is 0 Å². The first-order chi connectivity index (χ1) is 23.7. The van der Waals surface area contributed by atoms with Crippen LogP contribution in [0.25, 0.3) is 0 Å². The Morgan fingerprint density at radius 2 is 1.64 bits per heavy atom. The molecular formula is C40H68N2O8. The van der Waals surface area contributed by atoms with E-state index in [2.05, 4.69) is 30.6 Å². The number of amides is 2. The summed E-state index contributed by atoms with van der Waals surface area (Å²) >= 11 is 0. The quantitative estimate of drug-likeness (QED) is 0.0782. The molecule has 0 aromatic heterocycles. The fourth-order valence-electron chi connectivity index (χ4n) is 7.51. The Bertz CT molecular complexity index is 1140. The Labute approximate surface area is 301 Å². The number of hydrogen-bond donors (Lipinski definition) is 4. The zero-order chi connectivity index (χ0) is 36.8.